The predicted octanol–water partition coefficient (Wildman–Crippen LogP) is 3.52. The first-order valence-corrected chi connectivity index (χ1v) is 6.93. The largest absolute Gasteiger partial charge is 0.496 e. The summed E-state index contributed by atoms with van der Waals surface area (Å²) in [5.74, 6) is 0.801. The molecule has 2 aromatic carbocycles. The number of rotatable bonds is 4. The first-order chi connectivity index (χ1) is 10.3. The van der Waals surface area contributed by atoms with E-state index in [-0.39, 0.29) is 0 Å². The first-order valence-electron chi connectivity index (χ1n) is 6.93. The molecule has 3 rings (SSSR count). The van der Waals surface area contributed by atoms with Gasteiger partial charge >= 0.3 is 0 Å². The van der Waals surface area contributed by atoms with E-state index in [0.717, 1.165) is 27.8 Å². The van der Waals surface area contributed by atoms with Crippen LogP contribution in [0.2, 0.25) is 0 Å². The summed E-state index contributed by atoms with van der Waals surface area (Å²) < 4.78 is 5.35. The molecule has 0 bridgehead atoms. The Hall–Kier alpha value is -2.39. The van der Waals surface area contributed by atoms with Crippen LogP contribution in [0.15, 0.2) is 60.8 Å². The Morgan fingerprint density at radius 3 is 2.67 bits per heavy atom. The molecular formula is C18H17NO2. The van der Waals surface area contributed by atoms with E-state index in [9.17, 15) is 5.11 Å². The maximum atomic E-state index is 10.6. The number of aliphatic hydroxyl groups is 1. The van der Waals surface area contributed by atoms with Crippen molar-refractivity contribution in [1.29, 1.82) is 0 Å². The van der Waals surface area contributed by atoms with E-state index in [4.69, 9.17) is 4.74 Å². The van der Waals surface area contributed by atoms with Gasteiger partial charge in [-0.25, -0.2) is 0 Å². The zero-order valence-corrected chi connectivity index (χ0v) is 11.9. The summed E-state index contributed by atoms with van der Waals surface area (Å²) in [5.41, 5.74) is 2.79. The second-order valence-corrected chi connectivity index (χ2v) is 4.95. The van der Waals surface area contributed by atoms with Gasteiger partial charge in [0.05, 0.1) is 18.7 Å². The fraction of sp³-hybridized carbons (Fsp3) is 0.167. The molecule has 1 atom stereocenters. The number of methoxy groups -OCH3 is 1. The summed E-state index contributed by atoms with van der Waals surface area (Å²) in [4.78, 5) is 4.33. The van der Waals surface area contributed by atoms with Gasteiger partial charge in [0.1, 0.15) is 5.75 Å². The van der Waals surface area contributed by atoms with E-state index < -0.39 is 6.10 Å². The van der Waals surface area contributed by atoms with Crippen LogP contribution in [-0.2, 0) is 6.42 Å². The Bertz CT molecular complexity index is 750. The molecule has 1 heterocycles. The number of benzene rings is 2. The van der Waals surface area contributed by atoms with Crippen LogP contribution in [0.4, 0.5) is 0 Å². The van der Waals surface area contributed by atoms with Crippen LogP contribution in [-0.4, -0.2) is 17.2 Å². The smallest absolute Gasteiger partial charge is 0.122 e. The molecule has 0 saturated heterocycles. The third-order valence-electron chi connectivity index (χ3n) is 3.65. The summed E-state index contributed by atoms with van der Waals surface area (Å²) in [5, 5.41) is 11.6. The molecular weight excluding hydrogens is 262 g/mol. The molecule has 0 spiro atoms. The van der Waals surface area contributed by atoms with E-state index >= 15 is 0 Å². The van der Waals surface area contributed by atoms with Gasteiger partial charge in [0.25, 0.3) is 0 Å². The van der Waals surface area contributed by atoms with Crippen molar-refractivity contribution >= 4 is 10.9 Å². The van der Waals surface area contributed by atoms with Crippen LogP contribution in [0.5, 0.6) is 5.75 Å². The fourth-order valence-electron chi connectivity index (χ4n) is 2.60. The highest BCUT2D eigenvalue weighted by molar-refractivity contribution is 5.82. The van der Waals surface area contributed by atoms with Gasteiger partial charge in [0.15, 0.2) is 0 Å². The maximum Gasteiger partial charge on any atom is 0.122 e. The Balaban J connectivity index is 1.96. The lowest BCUT2D eigenvalue weighted by molar-refractivity contribution is 0.178. The number of aromatic nitrogens is 1. The fourth-order valence-corrected chi connectivity index (χ4v) is 2.60. The summed E-state index contributed by atoms with van der Waals surface area (Å²) >= 11 is 0. The van der Waals surface area contributed by atoms with Crippen LogP contribution in [0.3, 0.4) is 0 Å². The number of fused-ring (bicyclic) bond motifs is 1. The lowest BCUT2D eigenvalue weighted by Crippen LogP contribution is -2.04. The van der Waals surface area contributed by atoms with Gasteiger partial charge in [0, 0.05) is 18.0 Å². The maximum absolute atomic E-state index is 10.6. The molecule has 0 fully saturated rings. The number of hydrogen-bond donors (Lipinski definition) is 1. The van der Waals surface area contributed by atoms with Crippen LogP contribution in [0.25, 0.3) is 10.9 Å². The van der Waals surface area contributed by atoms with E-state index in [0.29, 0.717) is 6.42 Å². The van der Waals surface area contributed by atoms with Gasteiger partial charge in [-0.1, -0.05) is 36.4 Å². The van der Waals surface area contributed by atoms with Crippen LogP contribution in [0, 0.1) is 0 Å². The quantitative estimate of drug-likeness (QED) is 0.794. The van der Waals surface area contributed by atoms with Crippen molar-refractivity contribution in [3.05, 3.63) is 71.9 Å². The van der Waals surface area contributed by atoms with Gasteiger partial charge in [-0.3, -0.25) is 4.98 Å². The lowest BCUT2D eigenvalue weighted by atomic mass is 9.98. The molecule has 3 nitrogen and oxygen atoms in total. The van der Waals surface area contributed by atoms with E-state index in [2.05, 4.69) is 4.98 Å². The standard InChI is InChI=1S/C18H17NO2/c1-21-18-9-5-2-6-13(18)12-17(20)15-10-11-19-16-8-4-3-7-14(15)16/h2-11,17,20H,12H2,1H3. The summed E-state index contributed by atoms with van der Waals surface area (Å²) in [6.45, 7) is 0. The third kappa shape index (κ3) is 2.73. The summed E-state index contributed by atoms with van der Waals surface area (Å²) in [6, 6.07) is 17.5. The number of hydrogen-bond acceptors (Lipinski definition) is 3. The minimum atomic E-state index is -0.589. The van der Waals surface area contributed by atoms with Crippen molar-refractivity contribution in [2.75, 3.05) is 7.11 Å². The highest BCUT2D eigenvalue weighted by Gasteiger charge is 2.14. The number of aliphatic hydroxyl groups excluding tert-OH is 1. The second-order valence-electron chi connectivity index (χ2n) is 4.95. The molecule has 0 amide bonds. The van der Waals surface area contributed by atoms with Gasteiger partial charge in [-0.2, -0.15) is 0 Å². The molecule has 106 valence electrons. The normalized spacial score (nSPS) is 12.3. The Morgan fingerprint density at radius 1 is 1.05 bits per heavy atom. The number of pyridine rings is 1. The number of ether oxygens (including phenoxy) is 1. The average molecular weight is 279 g/mol. The molecule has 0 aliphatic carbocycles. The highest BCUT2D eigenvalue weighted by Crippen LogP contribution is 2.28. The van der Waals surface area contributed by atoms with Crippen molar-refractivity contribution in [3.8, 4) is 5.75 Å². The van der Waals surface area contributed by atoms with Crippen molar-refractivity contribution < 1.29 is 9.84 Å². The SMILES string of the molecule is COc1ccccc1CC(O)c1ccnc2ccccc12. The predicted molar refractivity (Wildman–Crippen MR) is 83.4 cm³/mol. The topological polar surface area (TPSA) is 42.4 Å². The number of para-hydroxylation sites is 2. The average Bonchev–Trinajstić information content (AvgIpc) is 2.54. The lowest BCUT2D eigenvalue weighted by Gasteiger charge is -2.15. The van der Waals surface area contributed by atoms with Crippen LogP contribution in [0.1, 0.15) is 17.2 Å². The molecule has 0 radical (unpaired) electrons. The van der Waals surface area contributed by atoms with Crippen molar-refractivity contribution in [2.24, 2.45) is 0 Å². The molecule has 3 aromatic rings. The number of nitrogens with zero attached hydrogens (tertiary/aromatic N) is 1. The minimum absolute atomic E-state index is 0.512. The van der Waals surface area contributed by atoms with Gasteiger partial charge in [-0.15, -0.1) is 0 Å². The molecule has 0 aliphatic heterocycles. The van der Waals surface area contributed by atoms with Crippen LogP contribution >= 0.6 is 0 Å². The molecule has 1 unspecified atom stereocenters. The molecule has 0 aliphatic rings. The first kappa shape index (κ1) is 13.6. The second kappa shape index (κ2) is 5.94. The summed E-state index contributed by atoms with van der Waals surface area (Å²) in [7, 11) is 1.65. The zero-order chi connectivity index (χ0) is 14.7. The van der Waals surface area contributed by atoms with Crippen molar-refractivity contribution in [1.82, 2.24) is 4.98 Å². The summed E-state index contributed by atoms with van der Waals surface area (Å²) in [6.07, 6.45) is 1.66. The zero-order valence-electron chi connectivity index (χ0n) is 11.9. The molecule has 3 heteroatoms. The molecule has 1 aromatic heterocycles. The Labute approximate surface area is 123 Å². The Kier molecular flexibility index (Phi) is 3.84. The van der Waals surface area contributed by atoms with Crippen molar-refractivity contribution in [3.63, 3.8) is 0 Å². The monoisotopic (exact) mass is 279 g/mol. The highest BCUT2D eigenvalue weighted by atomic mass is 16.5. The van der Waals surface area contributed by atoms with Gasteiger partial charge in [-0.05, 0) is 29.3 Å². The Morgan fingerprint density at radius 2 is 1.81 bits per heavy atom. The van der Waals surface area contributed by atoms with E-state index in [1.807, 2.05) is 54.6 Å². The van der Waals surface area contributed by atoms with Crippen LogP contribution < -0.4 is 4.74 Å². The van der Waals surface area contributed by atoms with Crippen molar-refractivity contribution in [2.45, 2.75) is 12.5 Å². The van der Waals surface area contributed by atoms with E-state index in [1.165, 1.54) is 0 Å². The van der Waals surface area contributed by atoms with E-state index in [1.54, 1.807) is 13.3 Å². The van der Waals surface area contributed by atoms with Gasteiger partial charge < -0.3 is 9.84 Å². The molecule has 0 saturated carbocycles. The van der Waals surface area contributed by atoms with Gasteiger partial charge in [0.2, 0.25) is 0 Å². The minimum Gasteiger partial charge on any atom is -0.496 e. The molecule has 21 heavy (non-hydrogen) atoms. The molecule has 1 N–H and O–H groups in total. The third-order valence-corrected chi connectivity index (χ3v) is 3.65.